The van der Waals surface area contributed by atoms with E-state index in [1.165, 1.54) is 0 Å². The van der Waals surface area contributed by atoms with E-state index in [1.54, 1.807) is 4.31 Å². The van der Waals surface area contributed by atoms with Crippen LogP contribution < -0.4 is 5.73 Å². The normalized spacial score (nSPS) is 21.2. The SMILES string of the molecule is CC(CN)CN1CCCN(S(=O)(=O)CCC(C)(C)C)CC1. The van der Waals surface area contributed by atoms with Crippen molar-refractivity contribution in [3.05, 3.63) is 0 Å². The third-order valence-corrected chi connectivity index (χ3v) is 5.90. The Morgan fingerprint density at radius 3 is 2.38 bits per heavy atom. The van der Waals surface area contributed by atoms with Crippen molar-refractivity contribution in [3.63, 3.8) is 0 Å². The molecular weight excluding hydrogens is 286 g/mol. The minimum Gasteiger partial charge on any atom is -0.330 e. The Kier molecular flexibility index (Phi) is 7.10. The van der Waals surface area contributed by atoms with E-state index in [4.69, 9.17) is 5.73 Å². The summed E-state index contributed by atoms with van der Waals surface area (Å²) in [5.41, 5.74) is 5.73. The zero-order valence-electron chi connectivity index (χ0n) is 14.1. The summed E-state index contributed by atoms with van der Waals surface area (Å²) in [6.45, 7) is 13.1. The standard InChI is InChI=1S/C15H33N3O2S/c1-14(12-16)13-17-7-5-8-18(10-9-17)21(19,20)11-6-15(2,3)4/h14H,5-13,16H2,1-4H3. The molecule has 0 aromatic carbocycles. The van der Waals surface area contributed by atoms with Gasteiger partial charge in [-0.05, 0) is 37.3 Å². The average molecular weight is 320 g/mol. The molecule has 2 N–H and O–H groups in total. The highest BCUT2D eigenvalue weighted by Gasteiger charge is 2.26. The molecule has 21 heavy (non-hydrogen) atoms. The lowest BCUT2D eigenvalue weighted by atomic mass is 9.94. The van der Waals surface area contributed by atoms with E-state index in [9.17, 15) is 8.42 Å². The maximum atomic E-state index is 12.5. The van der Waals surface area contributed by atoms with Crippen molar-refractivity contribution in [2.75, 3.05) is 45.0 Å². The van der Waals surface area contributed by atoms with E-state index in [0.29, 0.717) is 32.0 Å². The van der Waals surface area contributed by atoms with Crippen LogP contribution in [0.2, 0.25) is 0 Å². The molecule has 1 aliphatic heterocycles. The average Bonchev–Trinajstić information content (AvgIpc) is 2.62. The van der Waals surface area contributed by atoms with Crippen LogP contribution in [-0.4, -0.2) is 62.6 Å². The summed E-state index contributed by atoms with van der Waals surface area (Å²) in [6.07, 6.45) is 1.62. The van der Waals surface area contributed by atoms with Gasteiger partial charge in [0.2, 0.25) is 10.0 Å². The predicted octanol–water partition coefficient (Wildman–Crippen LogP) is 1.35. The van der Waals surface area contributed by atoms with E-state index in [-0.39, 0.29) is 11.2 Å². The molecule has 6 heteroatoms. The fourth-order valence-corrected chi connectivity index (χ4v) is 4.38. The quantitative estimate of drug-likeness (QED) is 0.802. The Balaban J connectivity index is 2.53. The van der Waals surface area contributed by atoms with Crippen LogP contribution >= 0.6 is 0 Å². The van der Waals surface area contributed by atoms with Gasteiger partial charge in [-0.3, -0.25) is 0 Å². The van der Waals surface area contributed by atoms with Crippen molar-refractivity contribution in [2.24, 2.45) is 17.1 Å². The van der Waals surface area contributed by atoms with Crippen LogP contribution in [0, 0.1) is 11.3 Å². The van der Waals surface area contributed by atoms with Crippen molar-refractivity contribution in [1.29, 1.82) is 0 Å². The van der Waals surface area contributed by atoms with Crippen LogP contribution in [0.4, 0.5) is 0 Å². The van der Waals surface area contributed by atoms with Crippen molar-refractivity contribution >= 4 is 10.0 Å². The molecule has 5 nitrogen and oxygen atoms in total. The molecule has 0 aliphatic carbocycles. The molecule has 0 spiro atoms. The Labute approximate surface area is 130 Å². The topological polar surface area (TPSA) is 66.6 Å². The Morgan fingerprint density at radius 1 is 1.14 bits per heavy atom. The van der Waals surface area contributed by atoms with Crippen molar-refractivity contribution in [1.82, 2.24) is 9.21 Å². The molecule has 1 saturated heterocycles. The fraction of sp³-hybridized carbons (Fsp3) is 1.00. The van der Waals surface area contributed by atoms with Crippen LogP contribution in [0.25, 0.3) is 0 Å². The third kappa shape index (κ3) is 7.08. The Hall–Kier alpha value is -0.170. The molecule has 0 aromatic heterocycles. The molecule has 126 valence electrons. The maximum Gasteiger partial charge on any atom is 0.214 e. The van der Waals surface area contributed by atoms with E-state index in [1.807, 2.05) is 0 Å². The van der Waals surface area contributed by atoms with Gasteiger partial charge in [-0.2, -0.15) is 0 Å². The molecule has 1 atom stereocenters. The molecule has 1 aliphatic rings. The van der Waals surface area contributed by atoms with Crippen LogP contribution in [0.5, 0.6) is 0 Å². The van der Waals surface area contributed by atoms with Gasteiger partial charge in [-0.15, -0.1) is 0 Å². The largest absolute Gasteiger partial charge is 0.330 e. The van der Waals surface area contributed by atoms with Gasteiger partial charge in [-0.1, -0.05) is 27.7 Å². The zero-order chi connectivity index (χ0) is 16.1. The minimum atomic E-state index is -3.12. The number of nitrogens with two attached hydrogens (primary N) is 1. The number of nitrogens with zero attached hydrogens (tertiary/aromatic N) is 2. The van der Waals surface area contributed by atoms with Gasteiger partial charge < -0.3 is 10.6 Å². The van der Waals surface area contributed by atoms with E-state index in [2.05, 4.69) is 32.6 Å². The van der Waals surface area contributed by atoms with E-state index >= 15 is 0 Å². The summed E-state index contributed by atoms with van der Waals surface area (Å²) in [7, 11) is -3.12. The highest BCUT2D eigenvalue weighted by molar-refractivity contribution is 7.89. The highest BCUT2D eigenvalue weighted by atomic mass is 32.2. The number of rotatable bonds is 6. The molecule has 1 heterocycles. The van der Waals surface area contributed by atoms with E-state index < -0.39 is 10.0 Å². The van der Waals surface area contributed by atoms with Crippen LogP contribution in [0.3, 0.4) is 0 Å². The lowest BCUT2D eigenvalue weighted by Gasteiger charge is -2.25. The molecular formula is C15H33N3O2S. The van der Waals surface area contributed by atoms with Gasteiger partial charge in [0.05, 0.1) is 5.75 Å². The molecule has 0 aromatic rings. The summed E-state index contributed by atoms with van der Waals surface area (Å²) in [4.78, 5) is 2.34. The highest BCUT2D eigenvalue weighted by Crippen LogP contribution is 2.21. The van der Waals surface area contributed by atoms with Crippen LogP contribution in [-0.2, 0) is 10.0 Å². The molecule has 1 rings (SSSR count). The third-order valence-electron chi connectivity index (χ3n) is 4.02. The summed E-state index contributed by atoms with van der Waals surface area (Å²) < 4.78 is 26.6. The van der Waals surface area contributed by atoms with Gasteiger partial charge in [0.1, 0.15) is 0 Å². The summed E-state index contributed by atoms with van der Waals surface area (Å²) in [5, 5.41) is 0. The van der Waals surface area contributed by atoms with Crippen LogP contribution in [0.15, 0.2) is 0 Å². The Morgan fingerprint density at radius 2 is 1.81 bits per heavy atom. The number of hydrogen-bond acceptors (Lipinski definition) is 4. The van der Waals surface area contributed by atoms with Gasteiger partial charge in [0.15, 0.2) is 0 Å². The van der Waals surface area contributed by atoms with Crippen molar-refractivity contribution in [2.45, 2.75) is 40.5 Å². The lowest BCUT2D eigenvalue weighted by molar-refractivity contribution is 0.250. The first kappa shape index (κ1) is 18.9. The van der Waals surface area contributed by atoms with Gasteiger partial charge in [0, 0.05) is 26.2 Å². The van der Waals surface area contributed by atoms with E-state index in [0.717, 1.165) is 26.1 Å². The first-order valence-corrected chi connectivity index (χ1v) is 9.65. The monoisotopic (exact) mass is 319 g/mol. The second kappa shape index (κ2) is 7.90. The molecule has 0 saturated carbocycles. The first-order chi connectivity index (χ1) is 9.64. The first-order valence-electron chi connectivity index (χ1n) is 8.04. The minimum absolute atomic E-state index is 0.0571. The number of sulfonamides is 1. The summed E-state index contributed by atoms with van der Waals surface area (Å²) in [5.74, 6) is 0.726. The molecule has 1 unspecified atom stereocenters. The van der Waals surface area contributed by atoms with Crippen LogP contribution in [0.1, 0.15) is 40.5 Å². The maximum absolute atomic E-state index is 12.5. The number of hydrogen-bond donors (Lipinski definition) is 1. The zero-order valence-corrected chi connectivity index (χ0v) is 15.0. The van der Waals surface area contributed by atoms with Gasteiger partial charge >= 0.3 is 0 Å². The Bertz CT molecular complexity index is 404. The molecule has 1 fully saturated rings. The molecule has 0 bridgehead atoms. The molecule has 0 radical (unpaired) electrons. The van der Waals surface area contributed by atoms with Crippen molar-refractivity contribution < 1.29 is 8.42 Å². The molecule has 0 amide bonds. The predicted molar refractivity (Wildman–Crippen MR) is 88.7 cm³/mol. The lowest BCUT2D eigenvalue weighted by Crippen LogP contribution is -2.38. The van der Waals surface area contributed by atoms with Crippen molar-refractivity contribution in [3.8, 4) is 0 Å². The van der Waals surface area contributed by atoms with Gasteiger partial charge in [0.25, 0.3) is 0 Å². The summed E-state index contributed by atoms with van der Waals surface area (Å²) >= 11 is 0. The second-order valence-electron chi connectivity index (χ2n) is 7.52. The second-order valence-corrected chi connectivity index (χ2v) is 9.61. The smallest absolute Gasteiger partial charge is 0.214 e. The summed E-state index contributed by atoms with van der Waals surface area (Å²) in [6, 6.07) is 0. The fourth-order valence-electron chi connectivity index (χ4n) is 2.49. The van der Waals surface area contributed by atoms with Gasteiger partial charge in [-0.25, -0.2) is 12.7 Å².